The van der Waals surface area contributed by atoms with Gasteiger partial charge in [0.1, 0.15) is 19.2 Å². The van der Waals surface area contributed by atoms with E-state index in [0.29, 0.717) is 17.5 Å². The van der Waals surface area contributed by atoms with E-state index >= 15 is 0 Å². The summed E-state index contributed by atoms with van der Waals surface area (Å²) in [6.45, 7) is 4.88. The second-order valence-corrected chi connectivity index (χ2v) is 18.0. The van der Waals surface area contributed by atoms with Crippen LogP contribution in [0.15, 0.2) is 156 Å². The fourth-order valence-electron chi connectivity index (χ4n) is 7.74. The molecule has 1 aliphatic heterocycles. The predicted octanol–water partition coefficient (Wildman–Crippen LogP) is 10.4. The second-order valence-electron chi connectivity index (χ2n) is 13.7. The zero-order valence-electron chi connectivity index (χ0n) is 27.7. The van der Waals surface area contributed by atoms with Gasteiger partial charge in [-0.15, -0.1) is 0 Å². The lowest BCUT2D eigenvalue weighted by Crippen LogP contribution is -2.49. The molecule has 0 spiro atoms. The number of aromatic nitrogens is 3. The third kappa shape index (κ3) is 4.47. The third-order valence-electron chi connectivity index (χ3n) is 10.3. The summed E-state index contributed by atoms with van der Waals surface area (Å²) in [4.78, 5) is 15.5. The van der Waals surface area contributed by atoms with Crippen LogP contribution in [0.1, 0.15) is 0 Å². The van der Waals surface area contributed by atoms with Gasteiger partial charge in [-0.05, 0) is 61.6 Å². The standard InChI is InChI=1S/C45H31N3OSi/c1-50(2)40-17-8-6-12-34(40)35-25-24-33(27-41(35)50)44-46-43(30-21-18-29(19-22-30)32-23-20-28-10-3-4-11-31(28)26-32)47-45(48-44)37-14-9-16-39-42(37)36-13-5-7-15-38(36)49-39/h3-27H,1-2H3. The Labute approximate surface area is 290 Å². The Morgan fingerprint density at radius 3 is 1.92 bits per heavy atom. The molecule has 0 saturated carbocycles. The first-order chi connectivity index (χ1) is 24.5. The van der Waals surface area contributed by atoms with Crippen molar-refractivity contribution in [3.8, 4) is 56.4 Å². The molecule has 0 amide bonds. The van der Waals surface area contributed by atoms with Crippen molar-refractivity contribution in [2.45, 2.75) is 13.1 Å². The van der Waals surface area contributed by atoms with Crippen LogP contribution < -0.4 is 10.4 Å². The maximum Gasteiger partial charge on any atom is 0.164 e. The molecule has 10 rings (SSSR count). The van der Waals surface area contributed by atoms with E-state index in [0.717, 1.165) is 44.2 Å². The van der Waals surface area contributed by atoms with Crippen molar-refractivity contribution < 1.29 is 4.42 Å². The maximum absolute atomic E-state index is 6.26. The molecule has 0 N–H and O–H groups in total. The highest BCUT2D eigenvalue weighted by molar-refractivity contribution is 7.03. The number of fused-ring (bicyclic) bond motifs is 7. The third-order valence-corrected chi connectivity index (χ3v) is 13.9. The van der Waals surface area contributed by atoms with Crippen molar-refractivity contribution in [3.05, 3.63) is 152 Å². The average Bonchev–Trinajstić information content (AvgIpc) is 3.66. The monoisotopic (exact) mass is 657 g/mol. The van der Waals surface area contributed by atoms with Crippen molar-refractivity contribution >= 4 is 51.2 Å². The summed E-state index contributed by atoms with van der Waals surface area (Å²) in [6.07, 6.45) is 0. The minimum Gasteiger partial charge on any atom is -0.456 e. The maximum atomic E-state index is 6.26. The molecule has 0 aliphatic carbocycles. The average molecular weight is 658 g/mol. The highest BCUT2D eigenvalue weighted by Gasteiger charge is 2.37. The fraction of sp³-hybridized carbons (Fsp3) is 0.0444. The summed E-state index contributed by atoms with van der Waals surface area (Å²) in [5.41, 5.74) is 9.53. The van der Waals surface area contributed by atoms with Gasteiger partial charge in [-0.1, -0.05) is 147 Å². The quantitative estimate of drug-likeness (QED) is 0.177. The van der Waals surface area contributed by atoms with Crippen LogP contribution in [0.3, 0.4) is 0 Å². The van der Waals surface area contributed by atoms with Crippen molar-refractivity contribution in [3.63, 3.8) is 0 Å². The number of hydrogen-bond acceptors (Lipinski definition) is 4. The van der Waals surface area contributed by atoms with E-state index in [4.69, 9.17) is 19.4 Å². The molecule has 0 unspecified atom stereocenters. The minimum absolute atomic E-state index is 0.626. The molecule has 2 aromatic heterocycles. The van der Waals surface area contributed by atoms with Gasteiger partial charge in [0.15, 0.2) is 17.5 Å². The lowest BCUT2D eigenvalue weighted by atomic mass is 10.00. The molecule has 4 nitrogen and oxygen atoms in total. The lowest BCUT2D eigenvalue weighted by Gasteiger charge is -2.19. The van der Waals surface area contributed by atoms with Crippen molar-refractivity contribution in [1.82, 2.24) is 15.0 Å². The fourth-order valence-corrected chi connectivity index (χ4v) is 10.8. The first-order valence-electron chi connectivity index (χ1n) is 17.0. The summed E-state index contributed by atoms with van der Waals surface area (Å²) in [5.74, 6) is 1.93. The van der Waals surface area contributed by atoms with Crippen molar-refractivity contribution in [1.29, 1.82) is 0 Å². The Morgan fingerprint density at radius 1 is 0.420 bits per heavy atom. The number of rotatable bonds is 4. The van der Waals surface area contributed by atoms with E-state index in [1.807, 2.05) is 30.3 Å². The van der Waals surface area contributed by atoms with E-state index in [1.54, 1.807) is 0 Å². The van der Waals surface area contributed by atoms with E-state index < -0.39 is 8.07 Å². The first kappa shape index (κ1) is 28.8. The van der Waals surface area contributed by atoms with E-state index in [1.165, 1.54) is 37.8 Å². The van der Waals surface area contributed by atoms with Gasteiger partial charge in [-0.25, -0.2) is 15.0 Å². The lowest BCUT2D eigenvalue weighted by molar-refractivity contribution is 0.669. The molecule has 7 aromatic carbocycles. The largest absolute Gasteiger partial charge is 0.456 e. The van der Waals surface area contributed by atoms with Gasteiger partial charge < -0.3 is 4.42 Å². The Hall–Kier alpha value is -6.17. The molecule has 0 atom stereocenters. The van der Waals surface area contributed by atoms with E-state index in [2.05, 4.69) is 134 Å². The van der Waals surface area contributed by atoms with Gasteiger partial charge >= 0.3 is 0 Å². The van der Waals surface area contributed by atoms with Crippen LogP contribution >= 0.6 is 0 Å². The van der Waals surface area contributed by atoms with Gasteiger partial charge in [0, 0.05) is 27.5 Å². The van der Waals surface area contributed by atoms with Crippen LogP contribution in [-0.4, -0.2) is 23.0 Å². The van der Waals surface area contributed by atoms with Crippen molar-refractivity contribution in [2.75, 3.05) is 0 Å². The Bertz CT molecular complexity index is 2800. The summed E-state index contributed by atoms with van der Waals surface area (Å²) >= 11 is 0. The topological polar surface area (TPSA) is 51.8 Å². The Balaban J connectivity index is 1.14. The molecule has 5 heteroatoms. The highest BCUT2D eigenvalue weighted by atomic mass is 28.3. The van der Waals surface area contributed by atoms with Crippen LogP contribution in [0.2, 0.25) is 13.1 Å². The molecule has 0 radical (unpaired) electrons. The van der Waals surface area contributed by atoms with Gasteiger partial charge in [-0.2, -0.15) is 0 Å². The normalized spacial score (nSPS) is 13.2. The second kappa shape index (κ2) is 10.9. The Kier molecular flexibility index (Phi) is 6.29. The smallest absolute Gasteiger partial charge is 0.164 e. The van der Waals surface area contributed by atoms with Crippen molar-refractivity contribution in [2.24, 2.45) is 0 Å². The molecule has 0 fully saturated rings. The molecule has 0 saturated heterocycles. The Morgan fingerprint density at radius 2 is 1.04 bits per heavy atom. The molecule has 9 aromatic rings. The zero-order valence-corrected chi connectivity index (χ0v) is 28.7. The SMILES string of the molecule is C[Si]1(C)c2ccccc2-c2ccc(-c3nc(-c4ccc(-c5ccc6ccccc6c5)cc4)nc(-c4cccc5oc6ccccc6c45)n3)cc21. The van der Waals surface area contributed by atoms with E-state index in [-0.39, 0.29) is 0 Å². The number of hydrogen-bond donors (Lipinski definition) is 0. The summed E-state index contributed by atoms with van der Waals surface area (Å²) < 4.78 is 6.26. The molecule has 50 heavy (non-hydrogen) atoms. The summed E-state index contributed by atoms with van der Waals surface area (Å²) in [7, 11) is -1.90. The molecule has 236 valence electrons. The predicted molar refractivity (Wildman–Crippen MR) is 209 cm³/mol. The van der Waals surface area contributed by atoms with Gasteiger partial charge in [0.25, 0.3) is 0 Å². The van der Waals surface area contributed by atoms with Crippen LogP contribution in [0.5, 0.6) is 0 Å². The first-order valence-corrected chi connectivity index (χ1v) is 20.0. The minimum atomic E-state index is -1.90. The van der Waals surface area contributed by atoms with Gasteiger partial charge in [0.2, 0.25) is 0 Å². The molecular weight excluding hydrogens is 627 g/mol. The molecule has 0 bridgehead atoms. The van der Waals surface area contributed by atoms with Crippen LogP contribution in [0.25, 0.3) is 89.1 Å². The van der Waals surface area contributed by atoms with Crippen LogP contribution in [0.4, 0.5) is 0 Å². The van der Waals surface area contributed by atoms with Gasteiger partial charge in [-0.3, -0.25) is 0 Å². The summed E-state index contributed by atoms with van der Waals surface area (Å²) in [5, 5.41) is 7.42. The van der Waals surface area contributed by atoms with Crippen LogP contribution in [0, 0.1) is 0 Å². The van der Waals surface area contributed by atoms with Crippen LogP contribution in [-0.2, 0) is 0 Å². The molecule has 1 aliphatic rings. The van der Waals surface area contributed by atoms with Gasteiger partial charge in [0.05, 0.1) is 0 Å². The number of nitrogens with zero attached hydrogens (tertiary/aromatic N) is 3. The highest BCUT2D eigenvalue weighted by Crippen LogP contribution is 2.37. The van der Waals surface area contributed by atoms with E-state index in [9.17, 15) is 0 Å². The zero-order chi connectivity index (χ0) is 33.4. The number of para-hydroxylation sites is 1. The number of benzene rings is 7. The molecule has 3 heterocycles. The molecular formula is C45H31N3OSi. The number of furan rings is 1. The summed E-state index contributed by atoms with van der Waals surface area (Å²) in [6, 6.07) is 53.5.